The van der Waals surface area contributed by atoms with E-state index in [9.17, 15) is 0 Å². The van der Waals surface area contributed by atoms with Crippen molar-refractivity contribution in [1.29, 1.82) is 0 Å². The molecule has 0 spiro atoms. The number of hydrogen-bond acceptors (Lipinski definition) is 3. The zero-order valence-corrected chi connectivity index (χ0v) is 27.5. The maximum Gasteiger partial charge on any atom is 0.0192 e. The predicted octanol–water partition coefficient (Wildman–Crippen LogP) is 9.39. The van der Waals surface area contributed by atoms with Gasteiger partial charge in [0.25, 0.3) is 0 Å². The summed E-state index contributed by atoms with van der Waals surface area (Å²) in [5.74, 6) is 0. The number of benzene rings is 3. The van der Waals surface area contributed by atoms with Gasteiger partial charge in [0.05, 0.1) is 0 Å². The molecule has 6 aromatic rings. The maximum absolute atomic E-state index is 4.64. The molecule has 43 heavy (non-hydrogen) atoms. The molecule has 3 aromatic heterocycles. The summed E-state index contributed by atoms with van der Waals surface area (Å²) in [4.78, 5) is 13.2. The zero-order chi connectivity index (χ0) is 29.3. The fraction of sp³-hybridized carbons (Fsp3) is 0.154. The van der Waals surface area contributed by atoms with Gasteiger partial charge in [0.15, 0.2) is 0 Å². The Labute approximate surface area is 268 Å². The van der Waals surface area contributed by atoms with Gasteiger partial charge < -0.3 is 9.97 Å². The second-order valence-corrected chi connectivity index (χ2v) is 11.4. The van der Waals surface area contributed by atoms with Crippen LogP contribution in [-0.4, -0.2) is 15.0 Å². The second kappa shape index (κ2) is 12.6. The van der Waals surface area contributed by atoms with Gasteiger partial charge in [-0.15, -0.1) is 35.4 Å². The predicted molar refractivity (Wildman–Crippen MR) is 172 cm³/mol. The van der Waals surface area contributed by atoms with Crippen molar-refractivity contribution in [2.75, 3.05) is 0 Å². The SMILES string of the molecule is CC1(C)c2ccccc2-c2cc(-c3[c-]cncc3)ncc21.Cc1cnc(-c2[c-]cc(C)c(-c3ccccc3)c2)cc1C.[Ir]. The molecule has 3 heterocycles. The van der Waals surface area contributed by atoms with Crippen LogP contribution >= 0.6 is 0 Å². The van der Waals surface area contributed by atoms with Gasteiger partial charge in [-0.25, -0.2) is 0 Å². The number of pyridine rings is 3. The van der Waals surface area contributed by atoms with Crippen LogP contribution < -0.4 is 0 Å². The minimum Gasteiger partial charge on any atom is -0.320 e. The Morgan fingerprint density at radius 1 is 0.605 bits per heavy atom. The Morgan fingerprint density at radius 3 is 2.07 bits per heavy atom. The van der Waals surface area contributed by atoms with Crippen LogP contribution in [0.5, 0.6) is 0 Å². The van der Waals surface area contributed by atoms with Crippen LogP contribution in [0.1, 0.15) is 41.7 Å². The third-order valence-corrected chi connectivity index (χ3v) is 8.26. The average Bonchev–Trinajstić information content (AvgIpc) is 3.26. The van der Waals surface area contributed by atoms with Crippen LogP contribution in [0.3, 0.4) is 0 Å². The van der Waals surface area contributed by atoms with Crippen molar-refractivity contribution in [2.45, 2.75) is 40.0 Å². The molecule has 1 aliphatic rings. The molecule has 7 rings (SSSR count). The van der Waals surface area contributed by atoms with Crippen molar-refractivity contribution in [1.82, 2.24) is 15.0 Å². The summed E-state index contributed by atoms with van der Waals surface area (Å²) < 4.78 is 0. The smallest absolute Gasteiger partial charge is 0.0192 e. The van der Waals surface area contributed by atoms with E-state index in [4.69, 9.17) is 0 Å². The van der Waals surface area contributed by atoms with Gasteiger partial charge in [0.1, 0.15) is 0 Å². The minimum absolute atomic E-state index is 0. The van der Waals surface area contributed by atoms with Gasteiger partial charge in [0.2, 0.25) is 0 Å². The third kappa shape index (κ3) is 5.99. The zero-order valence-electron chi connectivity index (χ0n) is 25.1. The molecule has 3 nitrogen and oxygen atoms in total. The number of hydrogen-bond donors (Lipinski definition) is 0. The van der Waals surface area contributed by atoms with Crippen LogP contribution in [0.25, 0.3) is 44.8 Å². The molecule has 4 heteroatoms. The van der Waals surface area contributed by atoms with Crippen LogP contribution in [0, 0.1) is 32.9 Å². The van der Waals surface area contributed by atoms with Gasteiger partial charge in [-0.1, -0.05) is 98.6 Å². The number of rotatable bonds is 3. The molecule has 0 fully saturated rings. The van der Waals surface area contributed by atoms with E-state index in [-0.39, 0.29) is 25.5 Å². The van der Waals surface area contributed by atoms with Crippen molar-refractivity contribution < 1.29 is 20.1 Å². The minimum atomic E-state index is 0. The summed E-state index contributed by atoms with van der Waals surface area (Å²) in [6.07, 6.45) is 7.40. The van der Waals surface area contributed by atoms with E-state index in [1.807, 2.05) is 24.5 Å². The Hall–Kier alpha value is -4.24. The van der Waals surface area contributed by atoms with E-state index in [2.05, 4.69) is 134 Å². The Balaban J connectivity index is 0.000000167. The van der Waals surface area contributed by atoms with E-state index < -0.39 is 0 Å². The molecule has 0 bridgehead atoms. The van der Waals surface area contributed by atoms with E-state index in [0.717, 1.165) is 22.5 Å². The van der Waals surface area contributed by atoms with E-state index in [0.29, 0.717) is 0 Å². The molecular formula is C39H33IrN3-2. The van der Waals surface area contributed by atoms with E-state index in [1.54, 1.807) is 12.4 Å². The maximum atomic E-state index is 4.64. The van der Waals surface area contributed by atoms with E-state index >= 15 is 0 Å². The summed E-state index contributed by atoms with van der Waals surface area (Å²) in [6.45, 7) is 10.8. The van der Waals surface area contributed by atoms with Gasteiger partial charge in [-0.2, -0.15) is 11.6 Å². The molecule has 0 saturated heterocycles. The molecule has 0 amide bonds. The van der Waals surface area contributed by atoms with Crippen molar-refractivity contribution in [3.05, 3.63) is 150 Å². The molecule has 0 unspecified atom stereocenters. The van der Waals surface area contributed by atoms with Crippen molar-refractivity contribution in [2.24, 2.45) is 0 Å². The molecule has 0 atom stereocenters. The van der Waals surface area contributed by atoms with Gasteiger partial charge in [-0.3, -0.25) is 4.98 Å². The van der Waals surface area contributed by atoms with Crippen molar-refractivity contribution in [3.63, 3.8) is 0 Å². The van der Waals surface area contributed by atoms with Crippen LogP contribution in [0.2, 0.25) is 0 Å². The summed E-state index contributed by atoms with van der Waals surface area (Å²) >= 11 is 0. The van der Waals surface area contributed by atoms with Crippen molar-refractivity contribution in [3.8, 4) is 44.8 Å². The molecule has 0 aliphatic heterocycles. The number of aryl methyl sites for hydroxylation is 3. The normalized spacial score (nSPS) is 12.3. The molecule has 3 aromatic carbocycles. The van der Waals surface area contributed by atoms with E-state index in [1.165, 1.54) is 50.1 Å². The molecule has 215 valence electrons. The first-order valence-corrected chi connectivity index (χ1v) is 14.3. The van der Waals surface area contributed by atoms with Gasteiger partial charge in [-0.05, 0) is 71.0 Å². The van der Waals surface area contributed by atoms with Crippen LogP contribution in [0.4, 0.5) is 0 Å². The summed E-state index contributed by atoms with van der Waals surface area (Å²) in [7, 11) is 0. The Bertz CT molecular complexity index is 1880. The Kier molecular flexibility index (Phi) is 8.82. The first kappa shape index (κ1) is 30.2. The van der Waals surface area contributed by atoms with Crippen LogP contribution in [0.15, 0.2) is 110 Å². The molecule has 1 aliphatic carbocycles. The number of fused-ring (bicyclic) bond motifs is 3. The summed E-state index contributed by atoms with van der Waals surface area (Å²) in [6, 6.07) is 36.1. The fourth-order valence-corrected chi connectivity index (χ4v) is 5.62. The molecular weight excluding hydrogens is 703 g/mol. The quantitative estimate of drug-likeness (QED) is 0.170. The standard InChI is InChI=1S/C20H18N.C19H15N2.Ir/c1-14-9-10-18(20-11-15(2)16(3)13-21-20)12-19(14)17-7-5-4-6-8-17;1-19(2)16-6-4-3-5-14(16)15-11-18(21-12-17(15)19)13-7-9-20-10-8-13;/h4-9,11-13H,1-3H3;3-7,9-12H,1-2H3;/q2*-1;. The first-order valence-electron chi connectivity index (χ1n) is 14.3. The number of aromatic nitrogens is 3. The molecule has 1 radical (unpaired) electrons. The Morgan fingerprint density at radius 2 is 1.33 bits per heavy atom. The summed E-state index contributed by atoms with van der Waals surface area (Å²) in [5.41, 5.74) is 15.4. The summed E-state index contributed by atoms with van der Waals surface area (Å²) in [5, 5.41) is 0. The topological polar surface area (TPSA) is 38.7 Å². The fourth-order valence-electron chi connectivity index (χ4n) is 5.62. The van der Waals surface area contributed by atoms with Gasteiger partial charge >= 0.3 is 0 Å². The third-order valence-electron chi connectivity index (χ3n) is 8.26. The average molecular weight is 736 g/mol. The largest absolute Gasteiger partial charge is 0.320 e. The monoisotopic (exact) mass is 736 g/mol. The molecule has 0 saturated carbocycles. The first-order chi connectivity index (χ1) is 20.3. The van der Waals surface area contributed by atoms with Crippen LogP contribution in [-0.2, 0) is 25.5 Å². The molecule has 0 N–H and O–H groups in total. The van der Waals surface area contributed by atoms with Crippen molar-refractivity contribution >= 4 is 0 Å². The second-order valence-electron chi connectivity index (χ2n) is 11.4. The van der Waals surface area contributed by atoms with Gasteiger partial charge in [0, 0.05) is 37.9 Å². The number of nitrogens with zero attached hydrogens (tertiary/aromatic N) is 3.